The molecule has 1 amide bonds. The van der Waals surface area contributed by atoms with Crippen LogP contribution in [0.3, 0.4) is 0 Å². The minimum absolute atomic E-state index is 0.0156. The average molecular weight is 382 g/mol. The molecule has 7 nitrogen and oxygen atoms in total. The van der Waals surface area contributed by atoms with Gasteiger partial charge >= 0.3 is 0 Å². The smallest absolute Gasteiger partial charge is 0.255 e. The molecular weight excluding hydrogens is 364 g/mol. The van der Waals surface area contributed by atoms with Crippen molar-refractivity contribution in [3.63, 3.8) is 0 Å². The van der Waals surface area contributed by atoms with Crippen molar-refractivity contribution in [1.29, 1.82) is 10.5 Å². The van der Waals surface area contributed by atoms with E-state index in [2.05, 4.69) is 4.72 Å². The van der Waals surface area contributed by atoms with Crippen LogP contribution >= 0.6 is 0 Å². The fourth-order valence-corrected chi connectivity index (χ4v) is 3.71. The third-order valence-electron chi connectivity index (χ3n) is 3.84. The summed E-state index contributed by atoms with van der Waals surface area (Å²) >= 11 is 0. The van der Waals surface area contributed by atoms with Gasteiger partial charge in [-0.1, -0.05) is 36.4 Å². The molecule has 0 fully saturated rings. The number of nitriles is 2. The first kappa shape index (κ1) is 20.1. The number of carbonyl (C=O) groups excluding carboxylic acids is 1. The van der Waals surface area contributed by atoms with E-state index >= 15 is 0 Å². The Kier molecular flexibility index (Phi) is 6.67. The van der Waals surface area contributed by atoms with E-state index in [0.29, 0.717) is 5.56 Å². The van der Waals surface area contributed by atoms with Crippen molar-refractivity contribution < 1.29 is 13.2 Å². The van der Waals surface area contributed by atoms with E-state index < -0.39 is 15.9 Å². The van der Waals surface area contributed by atoms with Crippen molar-refractivity contribution in [2.24, 2.45) is 0 Å². The van der Waals surface area contributed by atoms with Gasteiger partial charge in [0, 0.05) is 12.1 Å². The van der Waals surface area contributed by atoms with E-state index in [-0.39, 0.29) is 30.1 Å². The van der Waals surface area contributed by atoms with Crippen LogP contribution in [0, 0.1) is 29.6 Å². The number of amides is 1. The summed E-state index contributed by atoms with van der Waals surface area (Å²) in [6, 6.07) is 17.0. The van der Waals surface area contributed by atoms with E-state index in [1.807, 2.05) is 30.3 Å². The second-order valence-corrected chi connectivity index (χ2v) is 7.50. The quantitative estimate of drug-likeness (QED) is 0.735. The number of carbonyl (C=O) groups is 1. The maximum absolute atomic E-state index is 12.7. The van der Waals surface area contributed by atoms with Crippen LogP contribution in [-0.4, -0.2) is 32.3 Å². The monoisotopic (exact) mass is 382 g/mol. The van der Waals surface area contributed by atoms with Crippen molar-refractivity contribution >= 4 is 15.9 Å². The van der Waals surface area contributed by atoms with Gasteiger partial charge in [0.2, 0.25) is 10.0 Å². The van der Waals surface area contributed by atoms with Crippen LogP contribution in [0.25, 0.3) is 0 Å². The summed E-state index contributed by atoms with van der Waals surface area (Å²) in [6.45, 7) is 1.24. The molecule has 0 saturated carbocycles. The first-order chi connectivity index (χ1) is 12.9. The van der Waals surface area contributed by atoms with E-state index in [0.717, 1.165) is 10.5 Å². The highest BCUT2D eigenvalue weighted by Gasteiger charge is 2.21. The predicted molar refractivity (Wildman–Crippen MR) is 98.8 cm³/mol. The summed E-state index contributed by atoms with van der Waals surface area (Å²) in [7, 11) is -3.85. The minimum atomic E-state index is -3.85. The lowest BCUT2D eigenvalue weighted by molar-refractivity contribution is 0.0794. The second kappa shape index (κ2) is 8.95. The van der Waals surface area contributed by atoms with Crippen LogP contribution in [0.1, 0.15) is 21.5 Å². The summed E-state index contributed by atoms with van der Waals surface area (Å²) < 4.78 is 27.9. The largest absolute Gasteiger partial charge is 0.312 e. The normalized spacial score (nSPS) is 10.6. The summed E-state index contributed by atoms with van der Waals surface area (Å²) in [6.07, 6.45) is 0. The van der Waals surface area contributed by atoms with E-state index in [4.69, 9.17) is 10.5 Å². The Morgan fingerprint density at radius 2 is 1.70 bits per heavy atom. The molecule has 2 aromatic rings. The van der Waals surface area contributed by atoms with Gasteiger partial charge in [0.1, 0.15) is 13.1 Å². The lowest BCUT2D eigenvalue weighted by Crippen LogP contribution is -2.32. The van der Waals surface area contributed by atoms with Crippen molar-refractivity contribution in [2.75, 3.05) is 13.1 Å². The van der Waals surface area contributed by atoms with Crippen molar-refractivity contribution in [1.82, 2.24) is 9.62 Å². The topological polar surface area (TPSA) is 114 Å². The van der Waals surface area contributed by atoms with Crippen LogP contribution in [0.2, 0.25) is 0 Å². The third-order valence-corrected chi connectivity index (χ3v) is 5.39. The van der Waals surface area contributed by atoms with Gasteiger partial charge in [-0.3, -0.25) is 4.79 Å². The first-order valence-corrected chi connectivity index (χ1v) is 9.55. The van der Waals surface area contributed by atoms with Crippen LogP contribution in [0.15, 0.2) is 53.4 Å². The SMILES string of the molecule is Cc1ccc(C(=O)N(CC#N)CC#N)cc1S(=O)(=O)NCc1ccccc1. The van der Waals surface area contributed by atoms with Crippen LogP contribution in [0.5, 0.6) is 0 Å². The minimum Gasteiger partial charge on any atom is -0.312 e. The molecule has 0 bridgehead atoms. The lowest BCUT2D eigenvalue weighted by Gasteiger charge is -2.17. The van der Waals surface area contributed by atoms with E-state index in [9.17, 15) is 13.2 Å². The number of hydrogen-bond donors (Lipinski definition) is 1. The zero-order valence-electron chi connectivity index (χ0n) is 14.7. The van der Waals surface area contributed by atoms with Gasteiger partial charge in [-0.15, -0.1) is 0 Å². The summed E-state index contributed by atoms with van der Waals surface area (Å²) in [5, 5.41) is 17.6. The molecule has 0 heterocycles. The highest BCUT2D eigenvalue weighted by Crippen LogP contribution is 2.19. The molecule has 2 aromatic carbocycles. The number of sulfonamides is 1. The lowest BCUT2D eigenvalue weighted by atomic mass is 10.1. The standard InChI is InChI=1S/C19H18N4O3S/c1-15-7-8-17(19(24)23(11-9-20)12-10-21)13-18(15)27(25,26)22-14-16-5-3-2-4-6-16/h2-8,13,22H,11-12,14H2,1H3. The molecule has 0 radical (unpaired) electrons. The third kappa shape index (κ3) is 5.14. The maximum Gasteiger partial charge on any atom is 0.255 e. The van der Waals surface area contributed by atoms with Gasteiger partial charge in [-0.2, -0.15) is 10.5 Å². The zero-order valence-corrected chi connectivity index (χ0v) is 15.5. The van der Waals surface area contributed by atoms with Gasteiger partial charge in [-0.25, -0.2) is 13.1 Å². The molecule has 138 valence electrons. The number of benzene rings is 2. The van der Waals surface area contributed by atoms with Gasteiger partial charge in [0.25, 0.3) is 5.91 Å². The first-order valence-electron chi connectivity index (χ1n) is 8.06. The Labute approximate surface area is 158 Å². The number of aryl methyl sites for hydroxylation is 1. The summed E-state index contributed by atoms with van der Waals surface area (Å²) in [5.74, 6) is -0.572. The highest BCUT2D eigenvalue weighted by molar-refractivity contribution is 7.89. The Balaban J connectivity index is 2.29. The zero-order chi connectivity index (χ0) is 19.9. The number of rotatable bonds is 7. The molecule has 8 heteroatoms. The van der Waals surface area contributed by atoms with Gasteiger partial charge in [0.05, 0.1) is 17.0 Å². The number of nitrogens with zero attached hydrogens (tertiary/aromatic N) is 3. The Hall–Kier alpha value is -3.20. The molecule has 0 saturated heterocycles. The van der Waals surface area contributed by atoms with Crippen LogP contribution < -0.4 is 4.72 Å². The predicted octanol–water partition coefficient (Wildman–Crippen LogP) is 1.96. The number of nitrogens with one attached hydrogen (secondary N) is 1. The molecule has 0 aliphatic heterocycles. The molecule has 0 aromatic heterocycles. The molecule has 0 unspecified atom stereocenters. The van der Waals surface area contributed by atoms with E-state index in [1.165, 1.54) is 18.2 Å². The van der Waals surface area contributed by atoms with Gasteiger partial charge < -0.3 is 4.90 Å². The number of hydrogen-bond acceptors (Lipinski definition) is 5. The van der Waals surface area contributed by atoms with Gasteiger partial charge in [0.15, 0.2) is 0 Å². The maximum atomic E-state index is 12.7. The summed E-state index contributed by atoms with van der Waals surface area (Å²) in [5.41, 5.74) is 1.39. The molecule has 0 aliphatic carbocycles. The van der Waals surface area contributed by atoms with Crippen LogP contribution in [0.4, 0.5) is 0 Å². The molecule has 0 atom stereocenters. The molecule has 0 aliphatic rings. The Morgan fingerprint density at radius 1 is 1.07 bits per heavy atom. The molecule has 1 N–H and O–H groups in total. The summed E-state index contributed by atoms with van der Waals surface area (Å²) in [4.78, 5) is 13.5. The molecule has 2 rings (SSSR count). The molecule has 0 spiro atoms. The van der Waals surface area contributed by atoms with Crippen molar-refractivity contribution in [2.45, 2.75) is 18.4 Å². The van der Waals surface area contributed by atoms with Crippen LogP contribution in [-0.2, 0) is 16.6 Å². The second-order valence-electron chi connectivity index (χ2n) is 5.77. The van der Waals surface area contributed by atoms with Gasteiger partial charge in [-0.05, 0) is 30.2 Å². The Morgan fingerprint density at radius 3 is 2.30 bits per heavy atom. The Bertz CT molecular complexity index is 989. The average Bonchev–Trinajstić information content (AvgIpc) is 2.67. The molecule has 27 heavy (non-hydrogen) atoms. The highest BCUT2D eigenvalue weighted by atomic mass is 32.2. The van der Waals surface area contributed by atoms with Crippen molar-refractivity contribution in [3.8, 4) is 12.1 Å². The van der Waals surface area contributed by atoms with Crippen molar-refractivity contribution in [3.05, 3.63) is 65.2 Å². The fraction of sp³-hybridized carbons (Fsp3) is 0.211. The fourth-order valence-electron chi connectivity index (χ4n) is 2.43. The molecular formula is C19H18N4O3S. The van der Waals surface area contributed by atoms with E-state index in [1.54, 1.807) is 19.1 Å².